The van der Waals surface area contributed by atoms with Crippen LogP contribution in [0.5, 0.6) is 0 Å². The molecular formula is C16H20N2O3. The summed E-state index contributed by atoms with van der Waals surface area (Å²) in [7, 11) is 0. The second-order valence-corrected chi connectivity index (χ2v) is 6.07. The lowest BCUT2D eigenvalue weighted by molar-refractivity contribution is -0.144. The standard InChI is InChI=1S/C16H20N2O3/c1-10-13(16(20)21)3-2-8-18(10)15(19)12-6-7-17-14(9-12)11-4-5-11/h6-7,9-11,13H,2-5,8H2,1H3,(H,20,21)/t10-,13-/m1/s1. The molecule has 2 fully saturated rings. The topological polar surface area (TPSA) is 70.5 Å². The number of aliphatic carboxylic acids is 1. The van der Waals surface area contributed by atoms with Gasteiger partial charge in [0, 0.05) is 36.0 Å². The predicted octanol–water partition coefficient (Wildman–Crippen LogP) is 2.28. The molecule has 0 radical (unpaired) electrons. The largest absolute Gasteiger partial charge is 0.481 e. The number of nitrogens with zero attached hydrogens (tertiary/aromatic N) is 2. The molecule has 0 aromatic carbocycles. The molecule has 1 aromatic heterocycles. The van der Waals surface area contributed by atoms with Gasteiger partial charge in [-0.3, -0.25) is 14.6 Å². The van der Waals surface area contributed by atoms with E-state index in [0.717, 1.165) is 25.0 Å². The first kappa shape index (κ1) is 14.0. The molecule has 1 aromatic rings. The molecule has 2 atom stereocenters. The number of piperidine rings is 1. The molecule has 0 spiro atoms. The van der Waals surface area contributed by atoms with E-state index in [1.165, 1.54) is 0 Å². The number of carboxylic acid groups (broad SMARTS) is 1. The summed E-state index contributed by atoms with van der Waals surface area (Å²) in [6.07, 6.45) is 5.36. The lowest BCUT2D eigenvalue weighted by Crippen LogP contribution is -2.49. The summed E-state index contributed by atoms with van der Waals surface area (Å²) in [6, 6.07) is 3.34. The van der Waals surface area contributed by atoms with Crippen molar-refractivity contribution in [2.75, 3.05) is 6.54 Å². The minimum absolute atomic E-state index is 0.0715. The predicted molar refractivity (Wildman–Crippen MR) is 77.1 cm³/mol. The molecule has 21 heavy (non-hydrogen) atoms. The number of hydrogen-bond acceptors (Lipinski definition) is 3. The van der Waals surface area contributed by atoms with Gasteiger partial charge in [-0.25, -0.2) is 0 Å². The molecule has 0 unspecified atom stereocenters. The van der Waals surface area contributed by atoms with E-state index in [4.69, 9.17) is 0 Å². The molecular weight excluding hydrogens is 268 g/mol. The normalized spacial score (nSPS) is 25.7. The smallest absolute Gasteiger partial charge is 0.308 e. The van der Waals surface area contributed by atoms with Gasteiger partial charge in [0.2, 0.25) is 0 Å². The maximum atomic E-state index is 12.7. The summed E-state index contributed by atoms with van der Waals surface area (Å²) < 4.78 is 0. The SMILES string of the molecule is C[C@@H]1[C@H](C(=O)O)CCCN1C(=O)c1ccnc(C2CC2)c1. The number of pyridine rings is 1. The number of likely N-dealkylation sites (tertiary alicyclic amines) is 1. The number of carbonyl (C=O) groups is 2. The average Bonchev–Trinajstić information content (AvgIpc) is 3.31. The molecule has 1 amide bonds. The fraction of sp³-hybridized carbons (Fsp3) is 0.562. The van der Waals surface area contributed by atoms with Gasteiger partial charge in [-0.15, -0.1) is 0 Å². The van der Waals surface area contributed by atoms with Crippen LogP contribution in [0.4, 0.5) is 0 Å². The molecule has 5 nitrogen and oxygen atoms in total. The maximum Gasteiger partial charge on any atom is 0.308 e. The fourth-order valence-electron chi connectivity index (χ4n) is 3.11. The van der Waals surface area contributed by atoms with Gasteiger partial charge in [-0.2, -0.15) is 0 Å². The van der Waals surface area contributed by atoms with E-state index in [0.29, 0.717) is 24.4 Å². The van der Waals surface area contributed by atoms with Crippen LogP contribution in [0.2, 0.25) is 0 Å². The summed E-state index contributed by atoms with van der Waals surface area (Å²) in [4.78, 5) is 30.0. The Hall–Kier alpha value is -1.91. The molecule has 1 saturated carbocycles. The number of aromatic nitrogens is 1. The molecule has 0 bridgehead atoms. The fourth-order valence-corrected chi connectivity index (χ4v) is 3.11. The Kier molecular flexibility index (Phi) is 3.66. The van der Waals surface area contributed by atoms with Gasteiger partial charge in [0.1, 0.15) is 0 Å². The minimum atomic E-state index is -0.812. The zero-order chi connectivity index (χ0) is 15.0. The summed E-state index contributed by atoms with van der Waals surface area (Å²) in [5.74, 6) is -0.845. The minimum Gasteiger partial charge on any atom is -0.481 e. The Morgan fingerprint density at radius 3 is 2.76 bits per heavy atom. The lowest BCUT2D eigenvalue weighted by Gasteiger charge is -2.37. The van der Waals surface area contributed by atoms with Crippen molar-refractivity contribution in [1.29, 1.82) is 0 Å². The molecule has 1 saturated heterocycles. The van der Waals surface area contributed by atoms with Crippen molar-refractivity contribution in [3.8, 4) is 0 Å². The summed E-state index contributed by atoms with van der Waals surface area (Å²) >= 11 is 0. The van der Waals surface area contributed by atoms with Gasteiger partial charge in [-0.1, -0.05) is 0 Å². The van der Waals surface area contributed by atoms with E-state index in [9.17, 15) is 14.7 Å². The van der Waals surface area contributed by atoms with Crippen LogP contribution in [-0.4, -0.2) is 39.5 Å². The zero-order valence-electron chi connectivity index (χ0n) is 12.2. The highest BCUT2D eigenvalue weighted by atomic mass is 16.4. The highest BCUT2D eigenvalue weighted by Crippen LogP contribution is 2.39. The third-order valence-corrected chi connectivity index (χ3v) is 4.59. The maximum absolute atomic E-state index is 12.7. The van der Waals surface area contributed by atoms with E-state index in [-0.39, 0.29) is 11.9 Å². The van der Waals surface area contributed by atoms with Crippen molar-refractivity contribution in [1.82, 2.24) is 9.88 Å². The van der Waals surface area contributed by atoms with Crippen LogP contribution < -0.4 is 0 Å². The quantitative estimate of drug-likeness (QED) is 0.926. The van der Waals surface area contributed by atoms with E-state index in [2.05, 4.69) is 4.98 Å². The average molecular weight is 288 g/mol. The monoisotopic (exact) mass is 288 g/mol. The van der Waals surface area contributed by atoms with Crippen molar-refractivity contribution < 1.29 is 14.7 Å². The second kappa shape index (κ2) is 5.47. The van der Waals surface area contributed by atoms with Crippen LogP contribution in [0.25, 0.3) is 0 Å². The van der Waals surface area contributed by atoms with Crippen molar-refractivity contribution in [3.63, 3.8) is 0 Å². The number of amides is 1. The van der Waals surface area contributed by atoms with E-state index in [1.54, 1.807) is 17.2 Å². The molecule has 3 rings (SSSR count). The molecule has 1 N–H and O–H groups in total. The molecule has 2 heterocycles. The van der Waals surface area contributed by atoms with Crippen LogP contribution in [0.15, 0.2) is 18.3 Å². The van der Waals surface area contributed by atoms with Crippen LogP contribution in [-0.2, 0) is 4.79 Å². The zero-order valence-corrected chi connectivity index (χ0v) is 12.2. The number of carboxylic acids is 1. The van der Waals surface area contributed by atoms with Crippen molar-refractivity contribution in [3.05, 3.63) is 29.6 Å². The first-order valence-corrected chi connectivity index (χ1v) is 7.57. The summed E-state index contributed by atoms with van der Waals surface area (Å²) in [6.45, 7) is 2.46. The number of hydrogen-bond donors (Lipinski definition) is 1. The first-order chi connectivity index (χ1) is 10.1. The van der Waals surface area contributed by atoms with E-state index in [1.807, 2.05) is 13.0 Å². The van der Waals surface area contributed by atoms with Crippen LogP contribution in [0, 0.1) is 5.92 Å². The van der Waals surface area contributed by atoms with Gasteiger partial charge in [0.25, 0.3) is 5.91 Å². The Labute approximate surface area is 124 Å². The van der Waals surface area contributed by atoms with Gasteiger partial charge < -0.3 is 10.0 Å². The van der Waals surface area contributed by atoms with Gasteiger partial charge in [-0.05, 0) is 44.7 Å². The van der Waals surface area contributed by atoms with Crippen molar-refractivity contribution in [2.24, 2.45) is 5.92 Å². The van der Waals surface area contributed by atoms with E-state index >= 15 is 0 Å². The molecule has 1 aliphatic heterocycles. The molecule has 112 valence electrons. The Balaban J connectivity index is 1.80. The highest BCUT2D eigenvalue weighted by Gasteiger charge is 2.36. The van der Waals surface area contributed by atoms with Crippen molar-refractivity contribution in [2.45, 2.75) is 44.6 Å². The van der Waals surface area contributed by atoms with Crippen LogP contribution >= 0.6 is 0 Å². The van der Waals surface area contributed by atoms with Gasteiger partial charge >= 0.3 is 5.97 Å². The molecule has 1 aliphatic carbocycles. The van der Waals surface area contributed by atoms with Crippen LogP contribution in [0.3, 0.4) is 0 Å². The van der Waals surface area contributed by atoms with E-state index < -0.39 is 11.9 Å². The Bertz CT molecular complexity index is 568. The third kappa shape index (κ3) is 2.77. The third-order valence-electron chi connectivity index (χ3n) is 4.59. The van der Waals surface area contributed by atoms with Gasteiger partial charge in [0.05, 0.1) is 5.92 Å². The molecule has 5 heteroatoms. The number of carbonyl (C=O) groups excluding carboxylic acids is 1. The van der Waals surface area contributed by atoms with Crippen molar-refractivity contribution >= 4 is 11.9 Å². The van der Waals surface area contributed by atoms with Crippen LogP contribution in [0.1, 0.15) is 54.6 Å². The summed E-state index contributed by atoms with van der Waals surface area (Å²) in [5.41, 5.74) is 1.62. The second-order valence-electron chi connectivity index (χ2n) is 6.07. The first-order valence-electron chi connectivity index (χ1n) is 7.57. The summed E-state index contributed by atoms with van der Waals surface area (Å²) in [5, 5.41) is 9.26. The Morgan fingerprint density at radius 2 is 2.10 bits per heavy atom. The van der Waals surface area contributed by atoms with Gasteiger partial charge in [0.15, 0.2) is 0 Å². The highest BCUT2D eigenvalue weighted by molar-refractivity contribution is 5.95. The molecule has 2 aliphatic rings. The Morgan fingerprint density at radius 1 is 1.33 bits per heavy atom. The lowest BCUT2D eigenvalue weighted by atomic mass is 9.90. The number of rotatable bonds is 3.